The lowest BCUT2D eigenvalue weighted by atomic mass is 9.90. The van der Waals surface area contributed by atoms with Gasteiger partial charge in [0.15, 0.2) is 0 Å². The number of carbonyl (C=O) groups is 3. The number of likely N-dealkylation sites (tertiary alicyclic amines) is 1. The molecule has 0 atom stereocenters. The highest BCUT2D eigenvalue weighted by Crippen LogP contribution is 2.35. The van der Waals surface area contributed by atoms with Crippen LogP contribution in [0.3, 0.4) is 0 Å². The van der Waals surface area contributed by atoms with Crippen molar-refractivity contribution in [1.29, 1.82) is 0 Å². The topological polar surface area (TPSA) is 92.3 Å². The fraction of sp³-hybridized carbons (Fsp3) is 0.667. The molecular formula is C15H20N4O3S. The SMILES string of the molecule is O=C(CCN1C(=O)CCC1=O)Nc1nnc(C2CCCCC2)s1. The molecule has 1 aliphatic carbocycles. The molecule has 2 heterocycles. The minimum absolute atomic E-state index is 0.0931. The lowest BCUT2D eigenvalue weighted by Gasteiger charge is -2.18. The second kappa shape index (κ2) is 7.16. The molecule has 3 rings (SSSR count). The summed E-state index contributed by atoms with van der Waals surface area (Å²) < 4.78 is 0. The molecule has 0 unspecified atom stereocenters. The van der Waals surface area contributed by atoms with Gasteiger partial charge in [-0.3, -0.25) is 19.3 Å². The monoisotopic (exact) mass is 336 g/mol. The Balaban J connectivity index is 1.49. The van der Waals surface area contributed by atoms with E-state index < -0.39 is 0 Å². The molecule has 1 aliphatic heterocycles. The second-order valence-corrected chi connectivity index (χ2v) is 7.03. The van der Waals surface area contributed by atoms with Crippen LogP contribution in [0.5, 0.6) is 0 Å². The molecule has 3 amide bonds. The molecule has 2 fully saturated rings. The predicted octanol–water partition coefficient (Wildman–Crippen LogP) is 2.06. The van der Waals surface area contributed by atoms with Gasteiger partial charge in [0.25, 0.3) is 0 Å². The van der Waals surface area contributed by atoms with Crippen molar-refractivity contribution in [2.24, 2.45) is 0 Å². The molecule has 0 aromatic carbocycles. The van der Waals surface area contributed by atoms with Crippen LogP contribution in [0.4, 0.5) is 5.13 Å². The van der Waals surface area contributed by atoms with E-state index in [2.05, 4.69) is 15.5 Å². The lowest BCUT2D eigenvalue weighted by molar-refractivity contribution is -0.138. The van der Waals surface area contributed by atoms with Crippen LogP contribution in [0.1, 0.15) is 62.3 Å². The molecule has 8 heteroatoms. The zero-order valence-electron chi connectivity index (χ0n) is 12.9. The summed E-state index contributed by atoms with van der Waals surface area (Å²) in [6.45, 7) is 0.137. The van der Waals surface area contributed by atoms with Crippen molar-refractivity contribution >= 4 is 34.2 Å². The molecule has 0 bridgehead atoms. The van der Waals surface area contributed by atoms with Crippen molar-refractivity contribution in [2.75, 3.05) is 11.9 Å². The second-order valence-electron chi connectivity index (χ2n) is 6.02. The molecule has 0 spiro atoms. The van der Waals surface area contributed by atoms with Gasteiger partial charge in [-0.1, -0.05) is 30.6 Å². The maximum absolute atomic E-state index is 11.9. The third-order valence-corrected chi connectivity index (χ3v) is 5.36. The van der Waals surface area contributed by atoms with E-state index in [0.29, 0.717) is 11.0 Å². The molecule has 1 aromatic rings. The van der Waals surface area contributed by atoms with Crippen LogP contribution in [0.2, 0.25) is 0 Å². The number of nitrogens with one attached hydrogen (secondary N) is 1. The first-order valence-corrected chi connectivity index (χ1v) is 8.91. The van der Waals surface area contributed by atoms with Gasteiger partial charge in [0.2, 0.25) is 22.9 Å². The van der Waals surface area contributed by atoms with E-state index in [4.69, 9.17) is 0 Å². The highest BCUT2D eigenvalue weighted by Gasteiger charge is 2.29. The van der Waals surface area contributed by atoms with Crippen LogP contribution in [-0.2, 0) is 14.4 Å². The Kier molecular flexibility index (Phi) is 5.00. The molecule has 1 saturated carbocycles. The summed E-state index contributed by atoms with van der Waals surface area (Å²) in [4.78, 5) is 36.1. The summed E-state index contributed by atoms with van der Waals surface area (Å²) in [5, 5.41) is 12.4. The maximum atomic E-state index is 11.9. The van der Waals surface area contributed by atoms with E-state index in [1.807, 2.05) is 0 Å². The Labute approximate surface area is 138 Å². The largest absolute Gasteiger partial charge is 0.300 e. The van der Waals surface area contributed by atoms with Crippen LogP contribution in [-0.4, -0.2) is 39.4 Å². The summed E-state index contributed by atoms with van der Waals surface area (Å²) in [6, 6.07) is 0. The van der Waals surface area contributed by atoms with Crippen molar-refractivity contribution < 1.29 is 14.4 Å². The fourth-order valence-corrected chi connectivity index (χ4v) is 4.00. The number of rotatable bonds is 5. The van der Waals surface area contributed by atoms with Crippen LogP contribution >= 0.6 is 11.3 Å². The minimum Gasteiger partial charge on any atom is -0.300 e. The lowest BCUT2D eigenvalue weighted by Crippen LogP contribution is -2.32. The average molecular weight is 336 g/mol. The van der Waals surface area contributed by atoms with Crippen LogP contribution in [0, 0.1) is 0 Å². The maximum Gasteiger partial charge on any atom is 0.229 e. The average Bonchev–Trinajstić information content (AvgIpc) is 3.14. The number of hydrogen-bond acceptors (Lipinski definition) is 6. The van der Waals surface area contributed by atoms with Crippen molar-refractivity contribution in [3.05, 3.63) is 5.01 Å². The van der Waals surface area contributed by atoms with Crippen molar-refractivity contribution in [2.45, 2.75) is 57.3 Å². The van der Waals surface area contributed by atoms with Gasteiger partial charge < -0.3 is 5.32 Å². The van der Waals surface area contributed by atoms with Gasteiger partial charge in [0.05, 0.1) is 0 Å². The molecule has 7 nitrogen and oxygen atoms in total. The number of amides is 3. The quantitative estimate of drug-likeness (QED) is 0.831. The fourth-order valence-electron chi connectivity index (χ4n) is 3.07. The standard InChI is InChI=1S/C15H20N4O3S/c20-11(8-9-19-12(21)6-7-13(19)22)16-15-18-17-14(23-15)10-4-2-1-3-5-10/h10H,1-9H2,(H,16,18,20). The number of hydrogen-bond donors (Lipinski definition) is 1. The highest BCUT2D eigenvalue weighted by molar-refractivity contribution is 7.15. The van der Waals surface area contributed by atoms with Crippen molar-refractivity contribution in [3.63, 3.8) is 0 Å². The molecule has 0 radical (unpaired) electrons. The highest BCUT2D eigenvalue weighted by atomic mass is 32.1. The number of carbonyl (C=O) groups excluding carboxylic acids is 3. The summed E-state index contributed by atoms with van der Waals surface area (Å²) in [7, 11) is 0. The van der Waals surface area contributed by atoms with E-state index in [1.165, 1.54) is 30.6 Å². The third-order valence-electron chi connectivity index (χ3n) is 4.36. The molecule has 1 N–H and O–H groups in total. The Morgan fingerprint density at radius 3 is 2.52 bits per heavy atom. The van der Waals surface area contributed by atoms with Gasteiger partial charge in [-0.2, -0.15) is 0 Å². The molecule has 124 valence electrons. The molecule has 2 aliphatic rings. The van der Waals surface area contributed by atoms with E-state index in [-0.39, 0.29) is 43.5 Å². The third kappa shape index (κ3) is 3.93. The Morgan fingerprint density at radius 1 is 1.13 bits per heavy atom. The van der Waals surface area contributed by atoms with E-state index in [1.54, 1.807) is 0 Å². The van der Waals surface area contributed by atoms with E-state index in [9.17, 15) is 14.4 Å². The zero-order chi connectivity index (χ0) is 16.2. The van der Waals surface area contributed by atoms with Gasteiger partial charge in [0, 0.05) is 31.7 Å². The smallest absolute Gasteiger partial charge is 0.229 e. The van der Waals surface area contributed by atoms with Crippen LogP contribution in [0.25, 0.3) is 0 Å². The van der Waals surface area contributed by atoms with Crippen LogP contribution in [0.15, 0.2) is 0 Å². The van der Waals surface area contributed by atoms with Gasteiger partial charge in [-0.15, -0.1) is 10.2 Å². The van der Waals surface area contributed by atoms with E-state index in [0.717, 1.165) is 22.7 Å². The first kappa shape index (κ1) is 16.0. The first-order valence-electron chi connectivity index (χ1n) is 8.10. The van der Waals surface area contributed by atoms with Crippen molar-refractivity contribution in [1.82, 2.24) is 15.1 Å². The number of imide groups is 1. The Hall–Kier alpha value is -1.83. The van der Waals surface area contributed by atoms with Gasteiger partial charge >= 0.3 is 0 Å². The predicted molar refractivity (Wildman–Crippen MR) is 84.9 cm³/mol. The van der Waals surface area contributed by atoms with Gasteiger partial charge in [-0.05, 0) is 12.8 Å². The summed E-state index contributed by atoms with van der Waals surface area (Å²) >= 11 is 1.43. The number of aromatic nitrogens is 2. The van der Waals surface area contributed by atoms with Crippen LogP contribution < -0.4 is 5.32 Å². The molecule has 1 aromatic heterocycles. The van der Waals surface area contributed by atoms with Crippen molar-refractivity contribution in [3.8, 4) is 0 Å². The normalized spacial score (nSPS) is 19.4. The van der Waals surface area contributed by atoms with Gasteiger partial charge in [0.1, 0.15) is 5.01 Å². The first-order chi connectivity index (χ1) is 11.1. The molecule has 23 heavy (non-hydrogen) atoms. The zero-order valence-corrected chi connectivity index (χ0v) is 13.7. The molecule has 1 saturated heterocycles. The summed E-state index contributed by atoms with van der Waals surface area (Å²) in [6.07, 6.45) is 6.61. The number of anilines is 1. The molecular weight excluding hydrogens is 316 g/mol. The van der Waals surface area contributed by atoms with Gasteiger partial charge in [-0.25, -0.2) is 0 Å². The number of nitrogens with zero attached hydrogens (tertiary/aromatic N) is 3. The summed E-state index contributed by atoms with van der Waals surface area (Å²) in [5.41, 5.74) is 0. The minimum atomic E-state index is -0.246. The van der Waals surface area contributed by atoms with E-state index >= 15 is 0 Å². The Bertz CT molecular complexity index is 594. The summed E-state index contributed by atoms with van der Waals surface area (Å²) in [5.74, 6) is -0.174. The Morgan fingerprint density at radius 2 is 1.83 bits per heavy atom.